The lowest BCUT2D eigenvalue weighted by atomic mass is 9.84. The summed E-state index contributed by atoms with van der Waals surface area (Å²) in [5, 5.41) is 0. The van der Waals surface area contributed by atoms with Gasteiger partial charge in [-0.3, -0.25) is 19.4 Å². The number of benzene rings is 1. The van der Waals surface area contributed by atoms with E-state index in [1.807, 2.05) is 41.1 Å². The summed E-state index contributed by atoms with van der Waals surface area (Å²) in [4.78, 5) is 46.9. The van der Waals surface area contributed by atoms with E-state index >= 15 is 0 Å². The van der Waals surface area contributed by atoms with Crippen LogP contribution >= 0.6 is 0 Å². The number of carbonyl (C=O) groups is 3. The monoisotopic (exact) mass is 485 g/mol. The molecule has 2 amide bonds. The molecule has 5 rings (SSSR count). The number of hydrogen-bond acceptors (Lipinski definition) is 5. The lowest BCUT2D eigenvalue weighted by Gasteiger charge is -2.40. The maximum Gasteiger partial charge on any atom is 0.272 e. The molecule has 0 N–H and O–H groups in total. The number of rotatable bonds is 6. The Labute approximate surface area is 211 Å². The smallest absolute Gasteiger partial charge is 0.272 e. The molecule has 3 aromatic rings. The molecule has 0 saturated carbocycles. The van der Waals surface area contributed by atoms with E-state index in [-0.39, 0.29) is 29.6 Å². The van der Waals surface area contributed by atoms with Crippen LogP contribution in [0.25, 0.3) is 0 Å². The first-order valence-electron chi connectivity index (χ1n) is 12.7. The second-order valence-corrected chi connectivity index (χ2v) is 9.74. The van der Waals surface area contributed by atoms with Crippen molar-refractivity contribution < 1.29 is 18.8 Å². The molecule has 1 fully saturated rings. The topological polar surface area (TPSA) is 83.7 Å². The number of amides is 2. The van der Waals surface area contributed by atoms with E-state index in [2.05, 4.69) is 17.1 Å². The van der Waals surface area contributed by atoms with Crippen molar-refractivity contribution in [2.75, 3.05) is 20.1 Å². The Morgan fingerprint density at radius 1 is 1.08 bits per heavy atom. The van der Waals surface area contributed by atoms with Gasteiger partial charge in [0.25, 0.3) is 11.8 Å². The Morgan fingerprint density at radius 3 is 2.56 bits per heavy atom. The number of likely N-dealkylation sites (tertiary alicyclic amines) is 1. The van der Waals surface area contributed by atoms with Gasteiger partial charge in [0.2, 0.25) is 0 Å². The molecular formula is C29H31N3O4. The second kappa shape index (κ2) is 10.5. The summed E-state index contributed by atoms with van der Waals surface area (Å²) in [5.41, 5.74) is 2.48. The molecule has 186 valence electrons. The Hall–Kier alpha value is -3.74. The van der Waals surface area contributed by atoms with Crippen LogP contribution in [0.2, 0.25) is 0 Å². The fraction of sp³-hybridized carbons (Fsp3) is 0.379. The fourth-order valence-corrected chi connectivity index (χ4v) is 5.53. The van der Waals surface area contributed by atoms with E-state index in [0.29, 0.717) is 48.5 Å². The molecule has 2 aliphatic rings. The first-order valence-corrected chi connectivity index (χ1v) is 12.7. The number of furan rings is 1. The number of pyridine rings is 1. The number of piperidine rings is 1. The lowest BCUT2D eigenvalue weighted by Crippen LogP contribution is -2.48. The molecule has 7 heteroatoms. The fourth-order valence-electron chi connectivity index (χ4n) is 5.53. The van der Waals surface area contributed by atoms with Crippen LogP contribution in [0.5, 0.6) is 0 Å². The molecule has 1 unspecified atom stereocenters. The number of fused-ring (bicyclic) bond motifs is 1. The molecule has 0 radical (unpaired) electrons. The second-order valence-electron chi connectivity index (χ2n) is 9.74. The third kappa shape index (κ3) is 4.83. The molecule has 0 spiro atoms. The van der Waals surface area contributed by atoms with E-state index in [4.69, 9.17) is 4.42 Å². The first-order chi connectivity index (χ1) is 17.5. The predicted molar refractivity (Wildman–Crippen MR) is 135 cm³/mol. The lowest BCUT2D eigenvalue weighted by molar-refractivity contribution is 0.0518. The van der Waals surface area contributed by atoms with Crippen LogP contribution < -0.4 is 0 Å². The van der Waals surface area contributed by atoms with Crippen LogP contribution in [0, 0.1) is 5.92 Å². The van der Waals surface area contributed by atoms with Gasteiger partial charge in [0, 0.05) is 45.2 Å². The molecule has 1 aliphatic carbocycles. The number of carbonyl (C=O) groups excluding carboxylic acids is 3. The van der Waals surface area contributed by atoms with Crippen LogP contribution in [-0.2, 0) is 12.8 Å². The summed E-state index contributed by atoms with van der Waals surface area (Å²) in [6.45, 7) is 1.16. The van der Waals surface area contributed by atoms with Crippen molar-refractivity contribution in [3.8, 4) is 0 Å². The van der Waals surface area contributed by atoms with Crippen molar-refractivity contribution in [2.24, 2.45) is 5.92 Å². The average Bonchev–Trinajstić information content (AvgIpc) is 3.37. The predicted octanol–water partition coefficient (Wildman–Crippen LogP) is 4.43. The maximum atomic E-state index is 13.3. The zero-order valence-electron chi connectivity index (χ0n) is 20.6. The molecule has 1 aromatic carbocycles. The highest BCUT2D eigenvalue weighted by atomic mass is 16.3. The van der Waals surface area contributed by atoms with E-state index in [9.17, 15) is 14.4 Å². The van der Waals surface area contributed by atoms with E-state index < -0.39 is 0 Å². The van der Waals surface area contributed by atoms with Gasteiger partial charge in [-0.15, -0.1) is 0 Å². The molecule has 36 heavy (non-hydrogen) atoms. The highest BCUT2D eigenvalue weighted by molar-refractivity contribution is 6.09. The zero-order valence-corrected chi connectivity index (χ0v) is 20.6. The van der Waals surface area contributed by atoms with E-state index in [1.54, 1.807) is 18.3 Å². The summed E-state index contributed by atoms with van der Waals surface area (Å²) < 4.78 is 5.58. The first kappa shape index (κ1) is 24.0. The summed E-state index contributed by atoms with van der Waals surface area (Å²) in [5.74, 6) is 0.638. The number of Topliss-reactive ketones (excluding diaryl/α,β-unsaturated/α-hetero) is 1. The van der Waals surface area contributed by atoms with Crippen molar-refractivity contribution in [1.29, 1.82) is 0 Å². The minimum absolute atomic E-state index is 0.000759. The molecule has 3 heterocycles. The van der Waals surface area contributed by atoms with Gasteiger partial charge in [-0.2, -0.15) is 0 Å². The molecular weight excluding hydrogens is 454 g/mol. The van der Waals surface area contributed by atoms with Crippen molar-refractivity contribution in [2.45, 2.75) is 44.6 Å². The quantitative estimate of drug-likeness (QED) is 0.516. The minimum atomic E-state index is -0.133. The molecule has 1 atom stereocenters. The van der Waals surface area contributed by atoms with Gasteiger partial charge in [0.05, 0.1) is 11.1 Å². The van der Waals surface area contributed by atoms with Gasteiger partial charge in [-0.1, -0.05) is 36.4 Å². The number of likely N-dealkylation sites (N-methyl/N-ethyl adjacent to an activating group) is 1. The standard InChI is InChI=1S/C29H31N3O4/c1-31(29(35)23-10-5-6-15-30-23)24(18-20-8-3-2-4-9-20)21-13-16-32(17-14-21)28(34)22-19-36-26-12-7-11-25(33)27(22)26/h2-6,8-10,15,19,21,24H,7,11-14,16-18H2,1H3. The molecule has 2 aromatic heterocycles. The Kier molecular flexibility index (Phi) is 6.98. The van der Waals surface area contributed by atoms with Gasteiger partial charge >= 0.3 is 0 Å². The number of hydrogen-bond donors (Lipinski definition) is 0. The van der Waals surface area contributed by atoms with E-state index in [0.717, 1.165) is 25.7 Å². The Bertz CT molecular complexity index is 1230. The summed E-state index contributed by atoms with van der Waals surface area (Å²) >= 11 is 0. The van der Waals surface area contributed by atoms with Crippen LogP contribution in [-0.4, -0.2) is 58.6 Å². The summed E-state index contributed by atoms with van der Waals surface area (Å²) in [6.07, 6.45) is 7.32. The average molecular weight is 486 g/mol. The molecule has 7 nitrogen and oxygen atoms in total. The number of aryl methyl sites for hydroxylation is 1. The third-order valence-corrected chi connectivity index (χ3v) is 7.54. The molecule has 1 aliphatic heterocycles. The summed E-state index contributed by atoms with van der Waals surface area (Å²) in [6, 6.07) is 15.5. The van der Waals surface area contributed by atoms with Gasteiger partial charge in [-0.25, -0.2) is 0 Å². The maximum absolute atomic E-state index is 13.3. The van der Waals surface area contributed by atoms with Crippen molar-refractivity contribution in [3.63, 3.8) is 0 Å². The Balaban J connectivity index is 1.31. The zero-order chi connectivity index (χ0) is 25.1. The van der Waals surface area contributed by atoms with Gasteiger partial charge in [0.15, 0.2) is 5.78 Å². The van der Waals surface area contributed by atoms with Gasteiger partial charge in [-0.05, 0) is 49.3 Å². The van der Waals surface area contributed by atoms with Crippen LogP contribution in [0.3, 0.4) is 0 Å². The van der Waals surface area contributed by atoms with Crippen molar-refractivity contribution in [3.05, 3.63) is 89.1 Å². The molecule has 1 saturated heterocycles. The SMILES string of the molecule is CN(C(=O)c1ccccn1)C(Cc1ccccc1)C1CCN(C(=O)c2coc3c2C(=O)CCC3)CC1. The van der Waals surface area contributed by atoms with Gasteiger partial charge < -0.3 is 14.2 Å². The van der Waals surface area contributed by atoms with E-state index in [1.165, 1.54) is 11.8 Å². The minimum Gasteiger partial charge on any atom is -0.468 e. The van der Waals surface area contributed by atoms with Crippen LogP contribution in [0.1, 0.15) is 68.2 Å². The summed E-state index contributed by atoms with van der Waals surface area (Å²) in [7, 11) is 1.85. The van der Waals surface area contributed by atoms with Crippen LogP contribution in [0.15, 0.2) is 65.4 Å². The number of aromatic nitrogens is 1. The van der Waals surface area contributed by atoms with Crippen molar-refractivity contribution in [1.82, 2.24) is 14.8 Å². The number of nitrogens with zero attached hydrogens (tertiary/aromatic N) is 3. The molecule has 0 bridgehead atoms. The Morgan fingerprint density at radius 2 is 1.83 bits per heavy atom. The van der Waals surface area contributed by atoms with Crippen LogP contribution in [0.4, 0.5) is 0 Å². The van der Waals surface area contributed by atoms with Gasteiger partial charge in [0.1, 0.15) is 17.7 Å². The largest absolute Gasteiger partial charge is 0.468 e. The normalized spacial score (nSPS) is 16.9. The number of ketones is 1. The third-order valence-electron chi connectivity index (χ3n) is 7.54. The van der Waals surface area contributed by atoms with Crippen molar-refractivity contribution >= 4 is 17.6 Å². The highest BCUT2D eigenvalue weighted by Crippen LogP contribution is 2.31. The highest BCUT2D eigenvalue weighted by Gasteiger charge is 2.35.